The van der Waals surface area contributed by atoms with Crippen LogP contribution in [0.1, 0.15) is 30.4 Å². The van der Waals surface area contributed by atoms with Crippen molar-refractivity contribution >= 4 is 39.3 Å². The van der Waals surface area contributed by atoms with E-state index >= 15 is 0 Å². The van der Waals surface area contributed by atoms with Gasteiger partial charge in [0, 0.05) is 35.5 Å². The minimum Gasteiger partial charge on any atom is -0.372 e. The number of nitrogens with zero attached hydrogens (tertiary/aromatic N) is 1. The molecule has 3 rings (SSSR count). The van der Waals surface area contributed by atoms with Crippen LogP contribution in [0.2, 0.25) is 0 Å². The van der Waals surface area contributed by atoms with Crippen LogP contribution in [-0.2, 0) is 17.1 Å². The number of anilines is 1. The second kappa shape index (κ2) is 10.0. The molecular formula is C21H25BrN2OS. The first-order chi connectivity index (χ1) is 12.7. The number of hydrogen-bond donors (Lipinski definition) is 1. The highest BCUT2D eigenvalue weighted by molar-refractivity contribution is 9.10. The molecule has 26 heavy (non-hydrogen) atoms. The van der Waals surface area contributed by atoms with Gasteiger partial charge in [-0.15, -0.1) is 11.8 Å². The predicted molar refractivity (Wildman–Crippen MR) is 115 cm³/mol. The van der Waals surface area contributed by atoms with Crippen molar-refractivity contribution in [3.63, 3.8) is 0 Å². The van der Waals surface area contributed by atoms with Crippen LogP contribution in [0.3, 0.4) is 0 Å². The van der Waals surface area contributed by atoms with Crippen molar-refractivity contribution in [3.8, 4) is 0 Å². The maximum Gasteiger partial charge on any atom is 0.230 e. The number of benzene rings is 2. The average Bonchev–Trinajstić information content (AvgIpc) is 2.69. The number of amides is 1. The highest BCUT2D eigenvalue weighted by atomic mass is 79.9. The molecule has 0 spiro atoms. The van der Waals surface area contributed by atoms with Crippen molar-refractivity contribution in [2.45, 2.75) is 31.6 Å². The maximum atomic E-state index is 12.1. The second-order valence-corrected chi connectivity index (χ2v) is 8.42. The summed E-state index contributed by atoms with van der Waals surface area (Å²) >= 11 is 5.18. The van der Waals surface area contributed by atoms with Crippen molar-refractivity contribution in [2.75, 3.05) is 23.7 Å². The number of rotatable bonds is 7. The van der Waals surface area contributed by atoms with Gasteiger partial charge in [0.25, 0.3) is 0 Å². The number of halogens is 1. The Labute approximate surface area is 168 Å². The van der Waals surface area contributed by atoms with Gasteiger partial charge in [0.15, 0.2) is 0 Å². The average molecular weight is 433 g/mol. The molecule has 1 saturated heterocycles. The molecule has 0 aliphatic carbocycles. The summed E-state index contributed by atoms with van der Waals surface area (Å²) in [5.74, 6) is 1.40. The van der Waals surface area contributed by atoms with Crippen LogP contribution in [0, 0.1) is 0 Å². The Hall–Kier alpha value is -1.46. The third kappa shape index (κ3) is 5.78. The number of carbonyl (C=O) groups is 1. The molecule has 0 bridgehead atoms. The van der Waals surface area contributed by atoms with E-state index in [-0.39, 0.29) is 5.91 Å². The Morgan fingerprint density at radius 1 is 1.04 bits per heavy atom. The zero-order valence-corrected chi connectivity index (χ0v) is 17.3. The Kier molecular flexibility index (Phi) is 7.44. The van der Waals surface area contributed by atoms with Crippen molar-refractivity contribution in [3.05, 3.63) is 64.1 Å². The Morgan fingerprint density at radius 2 is 1.77 bits per heavy atom. The monoisotopic (exact) mass is 432 g/mol. The standard InChI is InChI=1S/C21H25BrN2OS/c22-20-7-3-2-6-18(20)15-26-16-21(25)23-14-17-8-10-19(11-9-17)24-12-4-1-5-13-24/h2-3,6-11H,1,4-5,12-16H2,(H,23,25). The number of nitrogens with one attached hydrogen (secondary N) is 1. The topological polar surface area (TPSA) is 32.3 Å². The van der Waals surface area contributed by atoms with E-state index in [0.717, 1.165) is 28.9 Å². The first-order valence-electron chi connectivity index (χ1n) is 9.14. The molecule has 0 atom stereocenters. The molecule has 1 heterocycles. The molecule has 2 aromatic rings. The summed E-state index contributed by atoms with van der Waals surface area (Å²) in [6, 6.07) is 16.7. The molecule has 1 aliphatic heterocycles. The summed E-state index contributed by atoms with van der Waals surface area (Å²) in [6.07, 6.45) is 3.92. The fourth-order valence-corrected chi connectivity index (χ4v) is 4.57. The fourth-order valence-electron chi connectivity index (χ4n) is 3.10. The van der Waals surface area contributed by atoms with Gasteiger partial charge in [-0.05, 0) is 48.6 Å². The summed E-state index contributed by atoms with van der Waals surface area (Å²) in [7, 11) is 0. The Bertz CT molecular complexity index is 714. The van der Waals surface area contributed by atoms with E-state index in [4.69, 9.17) is 0 Å². The first-order valence-corrected chi connectivity index (χ1v) is 11.1. The molecular weight excluding hydrogens is 408 g/mol. The lowest BCUT2D eigenvalue weighted by Gasteiger charge is -2.28. The smallest absolute Gasteiger partial charge is 0.230 e. The molecule has 0 unspecified atom stereocenters. The minimum absolute atomic E-state index is 0.0853. The van der Waals surface area contributed by atoms with Crippen LogP contribution in [-0.4, -0.2) is 24.7 Å². The van der Waals surface area contributed by atoms with Crippen LogP contribution in [0.5, 0.6) is 0 Å². The molecule has 1 N–H and O–H groups in total. The van der Waals surface area contributed by atoms with Crippen LogP contribution in [0.4, 0.5) is 5.69 Å². The van der Waals surface area contributed by atoms with Gasteiger partial charge in [0.1, 0.15) is 0 Å². The van der Waals surface area contributed by atoms with E-state index in [0.29, 0.717) is 12.3 Å². The summed E-state index contributed by atoms with van der Waals surface area (Å²) in [4.78, 5) is 14.5. The number of piperidine rings is 1. The van der Waals surface area contributed by atoms with E-state index in [9.17, 15) is 4.79 Å². The lowest BCUT2D eigenvalue weighted by atomic mass is 10.1. The zero-order chi connectivity index (χ0) is 18.2. The van der Waals surface area contributed by atoms with Gasteiger partial charge in [-0.3, -0.25) is 4.79 Å². The number of hydrogen-bond acceptors (Lipinski definition) is 3. The molecule has 0 aromatic heterocycles. The lowest BCUT2D eigenvalue weighted by molar-refractivity contribution is -0.118. The van der Waals surface area contributed by atoms with Gasteiger partial charge in [0.05, 0.1) is 5.75 Å². The van der Waals surface area contributed by atoms with Crippen LogP contribution in [0.15, 0.2) is 53.0 Å². The molecule has 3 nitrogen and oxygen atoms in total. The van der Waals surface area contributed by atoms with Crippen LogP contribution >= 0.6 is 27.7 Å². The molecule has 0 saturated carbocycles. The van der Waals surface area contributed by atoms with Gasteiger partial charge >= 0.3 is 0 Å². The summed E-state index contributed by atoms with van der Waals surface area (Å²) in [5, 5.41) is 3.01. The van der Waals surface area contributed by atoms with Crippen molar-refractivity contribution in [1.82, 2.24) is 5.32 Å². The second-order valence-electron chi connectivity index (χ2n) is 6.58. The van der Waals surface area contributed by atoms with E-state index in [1.807, 2.05) is 18.2 Å². The van der Waals surface area contributed by atoms with Crippen molar-refractivity contribution < 1.29 is 4.79 Å². The number of thioether (sulfide) groups is 1. The van der Waals surface area contributed by atoms with E-state index in [1.54, 1.807) is 11.8 Å². The van der Waals surface area contributed by atoms with Gasteiger partial charge in [-0.25, -0.2) is 0 Å². The van der Waals surface area contributed by atoms with E-state index in [1.165, 1.54) is 30.5 Å². The van der Waals surface area contributed by atoms with E-state index in [2.05, 4.69) is 56.5 Å². The fraction of sp³-hybridized carbons (Fsp3) is 0.381. The molecule has 1 fully saturated rings. The van der Waals surface area contributed by atoms with Gasteiger partial charge in [-0.2, -0.15) is 0 Å². The predicted octanol–water partition coefficient (Wildman–Crippen LogP) is 4.99. The third-order valence-corrected chi connectivity index (χ3v) is 6.35. The molecule has 5 heteroatoms. The molecule has 2 aromatic carbocycles. The van der Waals surface area contributed by atoms with Crippen molar-refractivity contribution in [2.24, 2.45) is 0 Å². The third-order valence-electron chi connectivity index (χ3n) is 4.60. The van der Waals surface area contributed by atoms with Crippen molar-refractivity contribution in [1.29, 1.82) is 0 Å². The minimum atomic E-state index is 0.0853. The Morgan fingerprint density at radius 3 is 2.50 bits per heavy atom. The normalized spacial score (nSPS) is 14.3. The van der Waals surface area contributed by atoms with Gasteiger partial charge < -0.3 is 10.2 Å². The van der Waals surface area contributed by atoms with Crippen LogP contribution in [0.25, 0.3) is 0 Å². The van der Waals surface area contributed by atoms with E-state index < -0.39 is 0 Å². The zero-order valence-electron chi connectivity index (χ0n) is 14.9. The molecule has 0 radical (unpaired) electrons. The van der Waals surface area contributed by atoms with Crippen LogP contribution < -0.4 is 10.2 Å². The quantitative estimate of drug-likeness (QED) is 0.668. The first kappa shape index (κ1) is 19.3. The highest BCUT2D eigenvalue weighted by Crippen LogP contribution is 2.22. The Balaban J connectivity index is 1.39. The van der Waals surface area contributed by atoms with Gasteiger partial charge in [-0.1, -0.05) is 46.3 Å². The highest BCUT2D eigenvalue weighted by Gasteiger charge is 2.10. The largest absolute Gasteiger partial charge is 0.372 e. The molecule has 1 aliphatic rings. The molecule has 1 amide bonds. The SMILES string of the molecule is O=C(CSCc1ccccc1Br)NCc1ccc(N2CCCCC2)cc1. The molecule has 138 valence electrons. The van der Waals surface area contributed by atoms with Gasteiger partial charge in [0.2, 0.25) is 5.91 Å². The summed E-state index contributed by atoms with van der Waals surface area (Å²) < 4.78 is 1.10. The lowest BCUT2D eigenvalue weighted by Crippen LogP contribution is -2.29. The maximum absolute atomic E-state index is 12.1. The summed E-state index contributed by atoms with van der Waals surface area (Å²) in [5.41, 5.74) is 3.66. The summed E-state index contributed by atoms with van der Waals surface area (Å²) in [6.45, 7) is 2.91. The number of carbonyl (C=O) groups excluding carboxylic acids is 1.